The third-order valence-electron chi connectivity index (χ3n) is 2.44. The minimum Gasteiger partial charge on any atom is -0.487 e. The summed E-state index contributed by atoms with van der Waals surface area (Å²) in [4.78, 5) is 14.6. The molecule has 0 aliphatic rings. The highest BCUT2D eigenvalue weighted by Gasteiger charge is 2.03. The number of pyridine rings is 1. The lowest BCUT2D eigenvalue weighted by molar-refractivity contribution is 0.0696. The van der Waals surface area contributed by atoms with Crippen molar-refractivity contribution < 1.29 is 14.6 Å². The molecule has 1 aromatic carbocycles. The number of carbonyl (C=O) groups is 1. The number of hydrogen-bond acceptors (Lipinski definition) is 4. The van der Waals surface area contributed by atoms with E-state index in [2.05, 4.69) is 4.98 Å². The monoisotopic (exact) mass is 254 g/mol. The van der Waals surface area contributed by atoms with Crippen LogP contribution < -0.4 is 4.74 Å². The number of hydrogen-bond donors (Lipinski definition) is 1. The van der Waals surface area contributed by atoms with E-state index < -0.39 is 5.97 Å². The van der Waals surface area contributed by atoms with Crippen LogP contribution in [0, 0.1) is 11.3 Å². The summed E-state index contributed by atoms with van der Waals surface area (Å²) < 4.78 is 5.47. The van der Waals surface area contributed by atoms with E-state index in [9.17, 15) is 4.79 Å². The third-order valence-corrected chi connectivity index (χ3v) is 2.44. The first-order valence-corrected chi connectivity index (χ1v) is 5.50. The standard InChI is InChI=1S/C14H10N2O3/c15-7-10-1-5-13(6-2-10)19-9-12-4-3-11(8-16-12)14(17)18/h1-6,8H,9H2,(H,17,18). The maximum absolute atomic E-state index is 10.7. The maximum Gasteiger partial charge on any atom is 0.337 e. The van der Waals surface area contributed by atoms with Crippen LogP contribution in [0.1, 0.15) is 21.6 Å². The minimum absolute atomic E-state index is 0.141. The van der Waals surface area contributed by atoms with Crippen LogP contribution in [-0.4, -0.2) is 16.1 Å². The summed E-state index contributed by atoms with van der Waals surface area (Å²) in [6, 6.07) is 11.8. The van der Waals surface area contributed by atoms with E-state index in [0.717, 1.165) is 0 Å². The molecule has 0 amide bonds. The molecule has 0 aliphatic carbocycles. The molecule has 1 heterocycles. The highest BCUT2D eigenvalue weighted by Crippen LogP contribution is 2.13. The molecular formula is C14H10N2O3. The fourth-order valence-electron chi connectivity index (χ4n) is 1.42. The fourth-order valence-corrected chi connectivity index (χ4v) is 1.42. The van der Waals surface area contributed by atoms with Gasteiger partial charge in [0, 0.05) is 6.20 Å². The van der Waals surface area contributed by atoms with E-state index >= 15 is 0 Å². The number of ether oxygens (including phenoxy) is 1. The predicted molar refractivity (Wildman–Crippen MR) is 66.7 cm³/mol. The number of nitrogens with zero attached hydrogens (tertiary/aromatic N) is 2. The molecule has 1 aromatic heterocycles. The first kappa shape index (κ1) is 12.6. The second-order valence-corrected chi connectivity index (χ2v) is 3.77. The van der Waals surface area contributed by atoms with Gasteiger partial charge >= 0.3 is 5.97 Å². The van der Waals surface area contributed by atoms with Gasteiger partial charge in [0.2, 0.25) is 0 Å². The van der Waals surface area contributed by atoms with Gasteiger partial charge in [-0.1, -0.05) is 0 Å². The van der Waals surface area contributed by atoms with Crippen LogP contribution in [0.15, 0.2) is 42.6 Å². The summed E-state index contributed by atoms with van der Waals surface area (Å²) in [7, 11) is 0. The van der Waals surface area contributed by atoms with E-state index in [1.807, 2.05) is 6.07 Å². The number of carboxylic acids is 1. The van der Waals surface area contributed by atoms with Gasteiger partial charge in [0.1, 0.15) is 12.4 Å². The third kappa shape index (κ3) is 3.30. The molecule has 0 bridgehead atoms. The van der Waals surface area contributed by atoms with Crippen molar-refractivity contribution in [3.63, 3.8) is 0 Å². The van der Waals surface area contributed by atoms with Crippen LogP contribution in [-0.2, 0) is 6.61 Å². The topological polar surface area (TPSA) is 83.2 Å². The van der Waals surface area contributed by atoms with Crippen molar-refractivity contribution in [2.75, 3.05) is 0 Å². The Balaban J connectivity index is 1.98. The molecule has 0 saturated carbocycles. The molecular weight excluding hydrogens is 244 g/mol. The number of rotatable bonds is 4. The van der Waals surface area contributed by atoms with Crippen molar-refractivity contribution >= 4 is 5.97 Å². The Kier molecular flexibility index (Phi) is 3.74. The molecule has 0 saturated heterocycles. The van der Waals surface area contributed by atoms with Crippen molar-refractivity contribution in [3.05, 3.63) is 59.4 Å². The highest BCUT2D eigenvalue weighted by atomic mass is 16.5. The average molecular weight is 254 g/mol. The Labute approximate surface area is 109 Å². The van der Waals surface area contributed by atoms with Crippen LogP contribution in [0.4, 0.5) is 0 Å². The molecule has 94 valence electrons. The zero-order chi connectivity index (χ0) is 13.7. The number of nitriles is 1. The number of aromatic carboxylic acids is 1. The molecule has 0 fully saturated rings. The van der Waals surface area contributed by atoms with E-state index in [4.69, 9.17) is 15.1 Å². The van der Waals surface area contributed by atoms with Gasteiger partial charge in [-0.05, 0) is 36.4 Å². The SMILES string of the molecule is N#Cc1ccc(OCc2ccc(C(=O)O)cn2)cc1. The Morgan fingerprint density at radius 2 is 2.00 bits per heavy atom. The minimum atomic E-state index is -1.01. The summed E-state index contributed by atoms with van der Waals surface area (Å²) in [6.45, 7) is 0.242. The molecule has 2 rings (SSSR count). The van der Waals surface area contributed by atoms with Gasteiger partial charge in [-0.15, -0.1) is 0 Å². The van der Waals surface area contributed by atoms with Gasteiger partial charge < -0.3 is 9.84 Å². The molecule has 5 nitrogen and oxygen atoms in total. The Hall–Kier alpha value is -2.87. The van der Waals surface area contributed by atoms with E-state index in [1.165, 1.54) is 12.3 Å². The Bertz CT molecular complexity index is 613. The molecule has 1 N–H and O–H groups in total. The molecule has 0 radical (unpaired) electrons. The van der Waals surface area contributed by atoms with Crippen LogP contribution in [0.5, 0.6) is 5.75 Å². The average Bonchev–Trinajstić information content (AvgIpc) is 2.46. The highest BCUT2D eigenvalue weighted by molar-refractivity contribution is 5.87. The van der Waals surface area contributed by atoms with Crippen molar-refractivity contribution in [2.24, 2.45) is 0 Å². The van der Waals surface area contributed by atoms with Gasteiger partial charge in [-0.2, -0.15) is 5.26 Å². The van der Waals surface area contributed by atoms with Crippen LogP contribution >= 0.6 is 0 Å². The number of benzene rings is 1. The van der Waals surface area contributed by atoms with Crippen LogP contribution in [0.25, 0.3) is 0 Å². The van der Waals surface area contributed by atoms with E-state index in [0.29, 0.717) is 17.0 Å². The zero-order valence-corrected chi connectivity index (χ0v) is 9.91. The van der Waals surface area contributed by atoms with E-state index in [-0.39, 0.29) is 12.2 Å². The second-order valence-electron chi connectivity index (χ2n) is 3.77. The molecule has 0 atom stereocenters. The lowest BCUT2D eigenvalue weighted by Gasteiger charge is -2.05. The van der Waals surface area contributed by atoms with Gasteiger partial charge in [-0.3, -0.25) is 4.98 Å². The molecule has 0 unspecified atom stereocenters. The second kappa shape index (κ2) is 5.65. The van der Waals surface area contributed by atoms with Crippen molar-refractivity contribution in [1.29, 1.82) is 5.26 Å². The Morgan fingerprint density at radius 3 is 2.53 bits per heavy atom. The first-order valence-electron chi connectivity index (χ1n) is 5.50. The maximum atomic E-state index is 10.7. The van der Waals surface area contributed by atoms with Gasteiger partial charge in [0.15, 0.2) is 0 Å². The van der Waals surface area contributed by atoms with Crippen molar-refractivity contribution in [3.8, 4) is 11.8 Å². The molecule has 5 heteroatoms. The summed E-state index contributed by atoms with van der Waals surface area (Å²) in [5, 5.41) is 17.4. The molecule has 0 aliphatic heterocycles. The lowest BCUT2D eigenvalue weighted by Crippen LogP contribution is -2.01. The summed E-state index contributed by atoms with van der Waals surface area (Å²) >= 11 is 0. The molecule has 19 heavy (non-hydrogen) atoms. The summed E-state index contributed by atoms with van der Waals surface area (Å²) in [5.41, 5.74) is 1.34. The van der Waals surface area contributed by atoms with Gasteiger partial charge in [0.05, 0.1) is 22.9 Å². The van der Waals surface area contributed by atoms with Crippen molar-refractivity contribution in [1.82, 2.24) is 4.98 Å². The summed E-state index contributed by atoms with van der Waals surface area (Å²) in [5.74, 6) is -0.379. The fraction of sp³-hybridized carbons (Fsp3) is 0.0714. The van der Waals surface area contributed by atoms with Crippen LogP contribution in [0.3, 0.4) is 0 Å². The summed E-state index contributed by atoms with van der Waals surface area (Å²) in [6.07, 6.45) is 1.29. The number of carboxylic acid groups (broad SMARTS) is 1. The largest absolute Gasteiger partial charge is 0.487 e. The van der Waals surface area contributed by atoms with E-state index in [1.54, 1.807) is 30.3 Å². The van der Waals surface area contributed by atoms with Gasteiger partial charge in [0.25, 0.3) is 0 Å². The Morgan fingerprint density at radius 1 is 1.26 bits per heavy atom. The predicted octanol–water partition coefficient (Wildman–Crippen LogP) is 2.23. The van der Waals surface area contributed by atoms with Gasteiger partial charge in [-0.25, -0.2) is 4.79 Å². The number of aromatic nitrogens is 1. The van der Waals surface area contributed by atoms with Crippen LogP contribution in [0.2, 0.25) is 0 Å². The lowest BCUT2D eigenvalue weighted by atomic mass is 10.2. The normalized spacial score (nSPS) is 9.63. The molecule has 0 spiro atoms. The molecule has 2 aromatic rings. The zero-order valence-electron chi connectivity index (χ0n) is 9.91. The quantitative estimate of drug-likeness (QED) is 0.904. The first-order chi connectivity index (χ1) is 9.19. The smallest absolute Gasteiger partial charge is 0.337 e. The van der Waals surface area contributed by atoms with Crippen molar-refractivity contribution in [2.45, 2.75) is 6.61 Å².